The van der Waals surface area contributed by atoms with Crippen LogP contribution >= 0.6 is 0 Å². The number of sulfone groups is 1. The fourth-order valence-corrected chi connectivity index (χ4v) is 6.42. The molecule has 2 aromatic rings. The van der Waals surface area contributed by atoms with E-state index in [9.17, 15) is 13.2 Å². The van der Waals surface area contributed by atoms with Gasteiger partial charge in [-0.15, -0.1) is 0 Å². The zero-order valence-electron chi connectivity index (χ0n) is 20.7. The summed E-state index contributed by atoms with van der Waals surface area (Å²) in [6, 6.07) is 14.8. The van der Waals surface area contributed by atoms with Crippen LogP contribution < -0.4 is 10.2 Å². The highest BCUT2D eigenvalue weighted by atomic mass is 32.2. The number of ether oxygens (including phenoxy) is 2. The van der Waals surface area contributed by atoms with Crippen LogP contribution in [0.4, 0.5) is 0 Å². The minimum Gasteiger partial charge on any atom is -0.494 e. The molecule has 192 valence electrons. The number of rotatable bonds is 12. The van der Waals surface area contributed by atoms with E-state index in [1.54, 1.807) is 12.1 Å². The van der Waals surface area contributed by atoms with E-state index in [-0.39, 0.29) is 31.0 Å². The number of nitrogens with one attached hydrogen (secondary N) is 1. The third-order valence-electron chi connectivity index (χ3n) is 6.58. The van der Waals surface area contributed by atoms with E-state index in [0.717, 1.165) is 25.2 Å². The Labute approximate surface area is 208 Å². The van der Waals surface area contributed by atoms with E-state index < -0.39 is 20.5 Å². The second kappa shape index (κ2) is 12.5. The van der Waals surface area contributed by atoms with Crippen molar-refractivity contribution in [2.45, 2.75) is 68.4 Å². The summed E-state index contributed by atoms with van der Waals surface area (Å²) in [6.07, 6.45) is 5.27. The van der Waals surface area contributed by atoms with Crippen molar-refractivity contribution in [1.82, 2.24) is 5.48 Å². The Hall–Kier alpha value is -2.42. The van der Waals surface area contributed by atoms with Gasteiger partial charge in [-0.3, -0.25) is 10.0 Å². The minimum absolute atomic E-state index is 0.0150. The number of amides is 1. The fraction of sp³-hybridized carbons (Fsp3) is 0.519. The van der Waals surface area contributed by atoms with Crippen molar-refractivity contribution in [2.75, 3.05) is 19.8 Å². The average molecular weight is 504 g/mol. The highest BCUT2D eigenvalue weighted by molar-refractivity contribution is 7.93. The largest absolute Gasteiger partial charge is 0.494 e. The molecule has 0 bridgehead atoms. The Morgan fingerprint density at radius 2 is 1.69 bits per heavy atom. The molecule has 0 atom stereocenters. The molecular formula is C27H37NO6S. The van der Waals surface area contributed by atoms with E-state index in [1.807, 2.05) is 0 Å². The molecule has 7 nitrogen and oxygen atoms in total. The van der Waals surface area contributed by atoms with Crippen molar-refractivity contribution in [3.8, 4) is 5.75 Å². The van der Waals surface area contributed by atoms with Crippen LogP contribution in [-0.4, -0.2) is 44.1 Å². The highest BCUT2D eigenvalue weighted by Gasteiger charge is 2.52. The molecule has 2 N–H and O–H groups in total. The number of benzene rings is 2. The summed E-state index contributed by atoms with van der Waals surface area (Å²) in [7, 11) is -4.04. The van der Waals surface area contributed by atoms with Crippen molar-refractivity contribution in [1.29, 1.82) is 0 Å². The van der Waals surface area contributed by atoms with Gasteiger partial charge in [-0.25, -0.2) is 13.9 Å². The van der Waals surface area contributed by atoms with E-state index in [2.05, 4.69) is 38.1 Å². The molecule has 1 amide bonds. The molecule has 0 unspecified atom stereocenters. The number of carbonyl (C=O) groups excluding carboxylic acids is 1. The van der Waals surface area contributed by atoms with Crippen LogP contribution in [0.3, 0.4) is 0 Å². The number of carbonyl (C=O) groups is 1. The molecule has 2 aromatic carbocycles. The Morgan fingerprint density at radius 3 is 2.29 bits per heavy atom. The van der Waals surface area contributed by atoms with Gasteiger partial charge in [-0.2, -0.15) is 0 Å². The maximum Gasteiger partial charge on any atom is 0.265 e. The van der Waals surface area contributed by atoms with E-state index >= 15 is 0 Å². The topological polar surface area (TPSA) is 102 Å². The smallest absolute Gasteiger partial charge is 0.265 e. The summed E-state index contributed by atoms with van der Waals surface area (Å²) >= 11 is 0. The lowest BCUT2D eigenvalue weighted by Gasteiger charge is -2.34. The molecule has 35 heavy (non-hydrogen) atoms. The molecule has 3 rings (SSSR count). The normalized spacial score (nSPS) is 15.7. The van der Waals surface area contributed by atoms with Crippen LogP contribution in [0.1, 0.15) is 57.1 Å². The molecule has 1 fully saturated rings. The maximum absolute atomic E-state index is 13.3. The monoisotopic (exact) mass is 503 g/mol. The highest BCUT2D eigenvalue weighted by Crippen LogP contribution is 2.35. The minimum atomic E-state index is -4.04. The predicted octanol–water partition coefficient (Wildman–Crippen LogP) is 4.51. The number of hydrogen-bond donors (Lipinski definition) is 2. The van der Waals surface area contributed by atoms with Crippen LogP contribution in [0.2, 0.25) is 0 Å². The van der Waals surface area contributed by atoms with E-state index in [0.29, 0.717) is 12.4 Å². The van der Waals surface area contributed by atoms with Crippen LogP contribution in [-0.2, 0) is 32.2 Å². The molecule has 0 radical (unpaired) electrons. The van der Waals surface area contributed by atoms with Gasteiger partial charge < -0.3 is 9.47 Å². The zero-order valence-corrected chi connectivity index (χ0v) is 21.5. The molecule has 0 spiro atoms. The summed E-state index contributed by atoms with van der Waals surface area (Å²) in [5.74, 6) is 0.372. The first kappa shape index (κ1) is 27.2. The predicted molar refractivity (Wildman–Crippen MR) is 134 cm³/mol. The Bertz CT molecular complexity index is 1060. The van der Waals surface area contributed by atoms with Gasteiger partial charge in [-0.05, 0) is 79.8 Å². The van der Waals surface area contributed by atoms with Crippen LogP contribution in [0.25, 0.3) is 0 Å². The summed E-state index contributed by atoms with van der Waals surface area (Å²) < 4.78 is 35.9. The lowest BCUT2D eigenvalue weighted by atomic mass is 9.98. The van der Waals surface area contributed by atoms with E-state index in [4.69, 9.17) is 14.7 Å². The van der Waals surface area contributed by atoms with Crippen molar-refractivity contribution in [3.63, 3.8) is 0 Å². The number of hydroxylamine groups is 1. The third-order valence-corrected chi connectivity index (χ3v) is 9.10. The van der Waals surface area contributed by atoms with Gasteiger partial charge in [0.1, 0.15) is 5.75 Å². The molecule has 0 saturated carbocycles. The molecule has 8 heteroatoms. The SMILES string of the molecule is CC(C)CCCc1cccc(CCCOc2ccc(S(=O)(=O)C3(C(=O)NO)CCOCC3)cc2)c1. The Balaban J connectivity index is 1.54. The summed E-state index contributed by atoms with van der Waals surface area (Å²) in [6.45, 7) is 5.28. The van der Waals surface area contributed by atoms with Gasteiger partial charge in [0.25, 0.3) is 5.91 Å². The Morgan fingerprint density at radius 1 is 1.06 bits per heavy atom. The first-order valence-electron chi connectivity index (χ1n) is 12.4. The van der Waals surface area contributed by atoms with Gasteiger partial charge in [0.2, 0.25) is 0 Å². The van der Waals surface area contributed by atoms with Crippen molar-refractivity contribution in [2.24, 2.45) is 5.92 Å². The van der Waals surface area contributed by atoms with Gasteiger partial charge in [-0.1, -0.05) is 44.5 Å². The molecule has 1 saturated heterocycles. The second-order valence-electron chi connectivity index (χ2n) is 9.58. The summed E-state index contributed by atoms with van der Waals surface area (Å²) in [4.78, 5) is 12.4. The fourth-order valence-electron chi connectivity index (χ4n) is 4.48. The molecule has 1 aliphatic heterocycles. The molecule has 1 aliphatic rings. The van der Waals surface area contributed by atoms with Crippen molar-refractivity contribution < 1.29 is 27.9 Å². The lowest BCUT2D eigenvalue weighted by molar-refractivity contribution is -0.134. The summed E-state index contributed by atoms with van der Waals surface area (Å²) in [5, 5.41) is 9.16. The first-order valence-corrected chi connectivity index (χ1v) is 13.8. The second-order valence-corrected chi connectivity index (χ2v) is 11.8. The molecular weight excluding hydrogens is 466 g/mol. The molecule has 0 aromatic heterocycles. The van der Waals surface area contributed by atoms with Gasteiger partial charge >= 0.3 is 0 Å². The van der Waals surface area contributed by atoms with Crippen molar-refractivity contribution in [3.05, 3.63) is 59.7 Å². The zero-order chi connectivity index (χ0) is 25.3. The van der Waals surface area contributed by atoms with Gasteiger partial charge in [0, 0.05) is 13.2 Å². The molecule has 0 aliphatic carbocycles. The number of aryl methyl sites for hydroxylation is 2. The lowest BCUT2D eigenvalue weighted by Crippen LogP contribution is -2.54. The third kappa shape index (κ3) is 6.84. The van der Waals surface area contributed by atoms with Crippen LogP contribution in [0, 0.1) is 5.92 Å². The maximum atomic E-state index is 13.3. The quantitative estimate of drug-likeness (QED) is 0.251. The average Bonchev–Trinajstić information content (AvgIpc) is 2.87. The van der Waals surface area contributed by atoms with Crippen LogP contribution in [0.15, 0.2) is 53.4 Å². The van der Waals surface area contributed by atoms with Crippen molar-refractivity contribution >= 4 is 15.7 Å². The standard InChI is InChI=1S/C27H37NO6S/c1-21(2)6-3-7-22-8-4-9-23(20-22)10-5-17-34-24-11-13-25(14-12-24)35(31,32)27(26(29)28-30)15-18-33-19-16-27/h4,8-9,11-14,20-21,30H,3,5-7,10,15-19H2,1-2H3,(H,28,29). The summed E-state index contributed by atoms with van der Waals surface area (Å²) in [5.41, 5.74) is 4.20. The molecule has 1 heterocycles. The van der Waals surface area contributed by atoms with Gasteiger partial charge in [0.15, 0.2) is 14.6 Å². The first-order chi connectivity index (χ1) is 16.8. The Kier molecular flexibility index (Phi) is 9.71. The number of hydrogen-bond acceptors (Lipinski definition) is 6. The van der Waals surface area contributed by atoms with Gasteiger partial charge in [0.05, 0.1) is 11.5 Å². The van der Waals surface area contributed by atoms with E-state index in [1.165, 1.54) is 41.6 Å². The van der Waals surface area contributed by atoms with Crippen LogP contribution in [0.5, 0.6) is 5.75 Å².